The number of sulfonamides is 1. The summed E-state index contributed by atoms with van der Waals surface area (Å²) in [4.78, 5) is 17.6. The SMILES string of the molecule is COC(=O)c1nc(NCCC2COC(C)(C)O2)sc1CCCOc1ccc(C#CCNS(=O)(=O)c2ccc(C)cc2C)cc1F. The molecule has 0 saturated carbocycles. The Bertz CT molecular complexity index is 1680. The molecule has 1 aliphatic heterocycles. The van der Waals surface area contributed by atoms with E-state index in [1.165, 1.54) is 30.6 Å². The Kier molecular flexibility index (Phi) is 11.6. The highest BCUT2D eigenvalue weighted by Crippen LogP contribution is 2.27. The molecule has 13 heteroatoms. The normalized spacial score (nSPS) is 15.7. The fourth-order valence-corrected chi connectivity index (χ4v) is 6.83. The first-order valence-corrected chi connectivity index (χ1v) is 16.8. The van der Waals surface area contributed by atoms with Gasteiger partial charge in [-0.05, 0) is 76.8 Å². The van der Waals surface area contributed by atoms with Gasteiger partial charge in [0.25, 0.3) is 0 Å². The molecule has 1 fully saturated rings. The van der Waals surface area contributed by atoms with Crippen molar-refractivity contribution in [2.45, 2.75) is 63.7 Å². The van der Waals surface area contributed by atoms with Gasteiger partial charge in [-0.1, -0.05) is 29.5 Å². The van der Waals surface area contributed by atoms with Gasteiger partial charge in [0, 0.05) is 17.0 Å². The molecule has 2 N–H and O–H groups in total. The maximum Gasteiger partial charge on any atom is 0.357 e. The molecule has 45 heavy (non-hydrogen) atoms. The molecule has 1 unspecified atom stereocenters. The summed E-state index contributed by atoms with van der Waals surface area (Å²) in [6, 6.07) is 9.41. The predicted octanol–water partition coefficient (Wildman–Crippen LogP) is 4.98. The average Bonchev–Trinajstić information content (AvgIpc) is 3.55. The summed E-state index contributed by atoms with van der Waals surface area (Å²) in [5.41, 5.74) is 2.25. The van der Waals surface area contributed by atoms with Crippen LogP contribution in [-0.4, -0.2) is 64.7 Å². The third kappa shape index (κ3) is 9.72. The van der Waals surface area contributed by atoms with Gasteiger partial charge in [0.15, 0.2) is 28.2 Å². The number of hydrogen-bond acceptors (Lipinski definition) is 10. The average molecular weight is 660 g/mol. The lowest BCUT2D eigenvalue weighted by Gasteiger charge is -2.17. The zero-order valence-corrected chi connectivity index (χ0v) is 27.6. The fourth-order valence-electron chi connectivity index (χ4n) is 4.66. The Morgan fingerprint density at radius 3 is 2.71 bits per heavy atom. The Morgan fingerprint density at radius 1 is 1.22 bits per heavy atom. The number of nitrogens with one attached hydrogen (secondary N) is 2. The topological polar surface area (TPSA) is 125 Å². The van der Waals surface area contributed by atoms with Gasteiger partial charge >= 0.3 is 5.97 Å². The van der Waals surface area contributed by atoms with E-state index in [1.807, 2.05) is 20.8 Å². The standard InChI is InChI=1S/C32H38FN3O7S2/c1-21-10-13-28(22(2)18-21)45(38,39)35-15-6-8-23-11-12-26(25(33)19-23)41-17-7-9-27-29(30(37)40-5)36-31(44-27)34-16-14-24-20-42-32(3,4)43-24/h10-13,18-19,24,35H,7,9,14-17,20H2,1-5H3,(H,34,36). The number of anilines is 1. The quantitative estimate of drug-likeness (QED) is 0.149. The molecule has 2 aromatic carbocycles. The van der Waals surface area contributed by atoms with Gasteiger partial charge in [0.05, 0.1) is 37.9 Å². The van der Waals surface area contributed by atoms with E-state index in [9.17, 15) is 17.6 Å². The second-order valence-corrected chi connectivity index (χ2v) is 13.8. The van der Waals surface area contributed by atoms with Crippen molar-refractivity contribution in [1.82, 2.24) is 9.71 Å². The molecule has 1 atom stereocenters. The van der Waals surface area contributed by atoms with Crippen molar-refractivity contribution >= 4 is 32.5 Å². The monoisotopic (exact) mass is 659 g/mol. The molecule has 3 aromatic rings. The Labute approximate surface area is 267 Å². The highest BCUT2D eigenvalue weighted by Gasteiger charge is 2.32. The van der Waals surface area contributed by atoms with Crippen molar-refractivity contribution in [3.8, 4) is 17.6 Å². The maximum atomic E-state index is 14.7. The molecule has 2 heterocycles. The van der Waals surface area contributed by atoms with E-state index in [4.69, 9.17) is 18.9 Å². The molecule has 0 amide bonds. The summed E-state index contributed by atoms with van der Waals surface area (Å²) in [5.74, 6) is 3.87. The lowest BCUT2D eigenvalue weighted by Crippen LogP contribution is -2.24. The van der Waals surface area contributed by atoms with Gasteiger partial charge in [-0.15, -0.1) is 11.3 Å². The number of aromatic nitrogens is 1. The molecule has 1 aromatic heterocycles. The Hall–Kier alpha value is -3.54. The van der Waals surface area contributed by atoms with Crippen LogP contribution in [0.25, 0.3) is 0 Å². The smallest absolute Gasteiger partial charge is 0.357 e. The number of halogens is 1. The van der Waals surface area contributed by atoms with E-state index in [0.29, 0.717) is 42.3 Å². The number of aryl methyl sites for hydroxylation is 3. The number of thiazole rings is 1. The molecule has 1 aliphatic rings. The lowest BCUT2D eigenvalue weighted by atomic mass is 10.2. The number of ether oxygens (including phenoxy) is 4. The predicted molar refractivity (Wildman–Crippen MR) is 170 cm³/mol. The number of esters is 1. The minimum absolute atomic E-state index is 0.0136. The van der Waals surface area contributed by atoms with Gasteiger partial charge < -0.3 is 24.3 Å². The van der Waals surface area contributed by atoms with Crippen LogP contribution in [0, 0.1) is 31.5 Å². The third-order valence-electron chi connectivity index (χ3n) is 6.83. The van der Waals surface area contributed by atoms with Gasteiger partial charge in [-0.25, -0.2) is 22.6 Å². The van der Waals surface area contributed by atoms with Gasteiger partial charge in [-0.3, -0.25) is 0 Å². The first-order chi connectivity index (χ1) is 21.4. The van der Waals surface area contributed by atoms with Crippen molar-refractivity contribution in [2.75, 3.05) is 38.7 Å². The minimum atomic E-state index is -3.72. The number of methoxy groups -OCH3 is 1. The number of hydrogen-bond donors (Lipinski definition) is 2. The molecule has 0 radical (unpaired) electrons. The highest BCUT2D eigenvalue weighted by atomic mass is 32.2. The number of carbonyl (C=O) groups excluding carboxylic acids is 1. The van der Waals surface area contributed by atoms with E-state index in [1.54, 1.807) is 31.2 Å². The summed E-state index contributed by atoms with van der Waals surface area (Å²) in [7, 11) is -2.41. The summed E-state index contributed by atoms with van der Waals surface area (Å²) >= 11 is 1.36. The number of carbonyl (C=O) groups is 1. The van der Waals surface area contributed by atoms with Crippen LogP contribution in [0.4, 0.5) is 9.52 Å². The molecule has 1 saturated heterocycles. The molecule has 4 rings (SSSR count). The van der Waals surface area contributed by atoms with Crippen LogP contribution in [0.2, 0.25) is 0 Å². The molecular formula is C32H38FN3O7S2. The van der Waals surface area contributed by atoms with Crippen LogP contribution in [0.3, 0.4) is 0 Å². The van der Waals surface area contributed by atoms with E-state index in [2.05, 4.69) is 26.9 Å². The lowest BCUT2D eigenvalue weighted by molar-refractivity contribution is -0.138. The zero-order chi connectivity index (χ0) is 32.6. The van der Waals surface area contributed by atoms with E-state index >= 15 is 0 Å². The van der Waals surface area contributed by atoms with Crippen LogP contribution < -0.4 is 14.8 Å². The van der Waals surface area contributed by atoms with Crippen LogP contribution in [0.5, 0.6) is 5.75 Å². The Balaban J connectivity index is 1.25. The fraction of sp³-hybridized carbons (Fsp3) is 0.438. The second kappa shape index (κ2) is 15.2. The maximum absolute atomic E-state index is 14.7. The largest absolute Gasteiger partial charge is 0.491 e. The second-order valence-electron chi connectivity index (χ2n) is 10.9. The van der Waals surface area contributed by atoms with Crippen LogP contribution in [0.1, 0.15) is 58.7 Å². The number of nitrogens with zero attached hydrogens (tertiary/aromatic N) is 1. The summed E-state index contributed by atoms with van der Waals surface area (Å²) in [6.07, 6.45) is 1.71. The Morgan fingerprint density at radius 2 is 2.02 bits per heavy atom. The number of rotatable bonds is 13. The van der Waals surface area contributed by atoms with Crippen molar-refractivity contribution in [3.63, 3.8) is 0 Å². The van der Waals surface area contributed by atoms with Crippen molar-refractivity contribution in [2.24, 2.45) is 0 Å². The minimum Gasteiger partial charge on any atom is -0.491 e. The third-order valence-corrected chi connectivity index (χ3v) is 9.46. The van der Waals surface area contributed by atoms with E-state index in [0.717, 1.165) is 16.9 Å². The molecule has 0 aliphatic carbocycles. The first kappa shape index (κ1) is 34.3. The van der Waals surface area contributed by atoms with Crippen molar-refractivity contribution in [3.05, 3.63) is 69.5 Å². The van der Waals surface area contributed by atoms with Gasteiger partial charge in [-0.2, -0.15) is 4.72 Å². The molecule has 10 nitrogen and oxygen atoms in total. The van der Waals surface area contributed by atoms with Crippen molar-refractivity contribution in [1.29, 1.82) is 0 Å². The molecule has 242 valence electrons. The van der Waals surface area contributed by atoms with Gasteiger partial charge in [0.2, 0.25) is 10.0 Å². The van der Waals surface area contributed by atoms with Crippen LogP contribution >= 0.6 is 11.3 Å². The van der Waals surface area contributed by atoms with E-state index in [-0.39, 0.29) is 35.6 Å². The molecule has 0 spiro atoms. The summed E-state index contributed by atoms with van der Waals surface area (Å²) in [6.45, 7) is 8.60. The van der Waals surface area contributed by atoms with E-state index < -0.39 is 27.6 Å². The first-order valence-electron chi connectivity index (χ1n) is 14.5. The van der Waals surface area contributed by atoms with Gasteiger partial charge in [0.1, 0.15) is 0 Å². The summed E-state index contributed by atoms with van der Waals surface area (Å²) < 4.78 is 64.2. The highest BCUT2D eigenvalue weighted by molar-refractivity contribution is 7.89. The molecule has 0 bridgehead atoms. The zero-order valence-electron chi connectivity index (χ0n) is 26.0. The number of benzene rings is 2. The summed E-state index contributed by atoms with van der Waals surface area (Å²) in [5, 5.41) is 3.85. The van der Waals surface area contributed by atoms with Crippen molar-refractivity contribution < 1.29 is 36.6 Å². The molecular weight excluding hydrogens is 621 g/mol. The van der Waals surface area contributed by atoms with Crippen LogP contribution in [0.15, 0.2) is 41.3 Å². The van der Waals surface area contributed by atoms with Crippen LogP contribution in [-0.2, 0) is 30.7 Å².